The van der Waals surface area contributed by atoms with Crippen LogP contribution in [0.2, 0.25) is 0 Å². The molecule has 4 rings (SSSR count). The zero-order valence-corrected chi connectivity index (χ0v) is 16.8. The van der Waals surface area contributed by atoms with Crippen molar-refractivity contribution in [1.82, 2.24) is 19.9 Å². The fourth-order valence-corrected chi connectivity index (χ4v) is 3.46. The number of aromatic nitrogens is 4. The number of fused-ring (bicyclic) bond motifs is 1. The molecule has 1 saturated heterocycles. The van der Waals surface area contributed by atoms with E-state index in [0.29, 0.717) is 5.82 Å². The molecule has 0 bridgehead atoms. The van der Waals surface area contributed by atoms with Crippen molar-refractivity contribution in [3.63, 3.8) is 0 Å². The molecule has 0 spiro atoms. The lowest BCUT2D eigenvalue weighted by atomic mass is 10.2. The van der Waals surface area contributed by atoms with Crippen LogP contribution >= 0.6 is 0 Å². The third kappa shape index (κ3) is 3.81. The first-order chi connectivity index (χ1) is 13.6. The van der Waals surface area contributed by atoms with E-state index in [2.05, 4.69) is 27.8 Å². The third-order valence-corrected chi connectivity index (χ3v) is 5.09. The number of hydrogen-bond acceptors (Lipinski definition) is 6. The van der Waals surface area contributed by atoms with Gasteiger partial charge in [0.15, 0.2) is 11.6 Å². The Kier molecular flexibility index (Phi) is 5.19. The van der Waals surface area contributed by atoms with Crippen LogP contribution in [0.25, 0.3) is 23.2 Å². The van der Waals surface area contributed by atoms with Gasteiger partial charge < -0.3 is 9.80 Å². The number of benzene rings is 1. The topological polar surface area (TPSA) is 58.0 Å². The van der Waals surface area contributed by atoms with Gasteiger partial charge in [-0.05, 0) is 51.0 Å². The minimum atomic E-state index is 0.710. The summed E-state index contributed by atoms with van der Waals surface area (Å²) in [6, 6.07) is 10.0. The molecule has 0 radical (unpaired) electrons. The van der Waals surface area contributed by atoms with Crippen LogP contribution in [-0.2, 0) is 0 Å². The molecule has 0 aliphatic carbocycles. The molecule has 6 heteroatoms. The quantitative estimate of drug-likeness (QED) is 0.674. The maximum Gasteiger partial charge on any atom is 0.155 e. The van der Waals surface area contributed by atoms with Crippen molar-refractivity contribution < 1.29 is 0 Å². The van der Waals surface area contributed by atoms with Crippen LogP contribution in [0.1, 0.15) is 37.0 Å². The van der Waals surface area contributed by atoms with Crippen LogP contribution in [0, 0.1) is 6.92 Å². The average molecular weight is 374 g/mol. The van der Waals surface area contributed by atoms with Crippen molar-refractivity contribution in [3.05, 3.63) is 47.5 Å². The van der Waals surface area contributed by atoms with Crippen LogP contribution in [0.5, 0.6) is 0 Å². The zero-order valence-electron chi connectivity index (χ0n) is 16.8. The van der Waals surface area contributed by atoms with E-state index in [9.17, 15) is 0 Å². The van der Waals surface area contributed by atoms with E-state index < -0.39 is 0 Å². The monoisotopic (exact) mass is 374 g/mol. The molecule has 0 saturated carbocycles. The van der Waals surface area contributed by atoms with E-state index in [-0.39, 0.29) is 0 Å². The Balaban J connectivity index is 1.71. The molecule has 0 unspecified atom stereocenters. The van der Waals surface area contributed by atoms with Crippen molar-refractivity contribution in [2.45, 2.75) is 26.7 Å². The van der Waals surface area contributed by atoms with Gasteiger partial charge in [0, 0.05) is 38.4 Å². The van der Waals surface area contributed by atoms with E-state index in [4.69, 9.17) is 15.0 Å². The van der Waals surface area contributed by atoms with E-state index >= 15 is 0 Å². The van der Waals surface area contributed by atoms with Gasteiger partial charge in [0.25, 0.3) is 0 Å². The fraction of sp³-hybridized carbons (Fsp3) is 0.364. The summed E-state index contributed by atoms with van der Waals surface area (Å²) in [6.07, 6.45) is 6.38. The standard InChI is InChI=1S/C22H26N6/c1-4-27(3)22-19(24-17-9-5-6-10-18(17)25-22)11-12-20-23-16(2)15-21(26-20)28-13-7-8-14-28/h5-6,9-12,15H,4,7-8,13-14H2,1-3H3. The number of aryl methyl sites for hydroxylation is 1. The first-order valence-electron chi connectivity index (χ1n) is 9.90. The van der Waals surface area contributed by atoms with Crippen LogP contribution in [0.4, 0.5) is 11.6 Å². The summed E-state index contributed by atoms with van der Waals surface area (Å²) in [4.78, 5) is 23.4. The highest BCUT2D eigenvalue weighted by Crippen LogP contribution is 2.23. The van der Waals surface area contributed by atoms with Gasteiger partial charge in [0.1, 0.15) is 11.5 Å². The van der Waals surface area contributed by atoms with Gasteiger partial charge in [-0.1, -0.05) is 12.1 Å². The van der Waals surface area contributed by atoms with E-state index in [0.717, 1.165) is 53.7 Å². The molecule has 0 amide bonds. The average Bonchev–Trinajstić information content (AvgIpc) is 3.25. The number of hydrogen-bond donors (Lipinski definition) is 0. The Bertz CT molecular complexity index is 1010. The van der Waals surface area contributed by atoms with E-state index in [1.54, 1.807) is 0 Å². The van der Waals surface area contributed by atoms with Crippen molar-refractivity contribution in [2.24, 2.45) is 0 Å². The van der Waals surface area contributed by atoms with Gasteiger partial charge in [-0.3, -0.25) is 0 Å². The summed E-state index contributed by atoms with van der Waals surface area (Å²) in [6.45, 7) is 7.12. The Labute approximate surface area is 166 Å². The summed E-state index contributed by atoms with van der Waals surface area (Å²) in [7, 11) is 2.03. The Morgan fingerprint density at radius 3 is 2.43 bits per heavy atom. The van der Waals surface area contributed by atoms with Crippen molar-refractivity contribution in [3.8, 4) is 0 Å². The molecule has 3 heterocycles. The Morgan fingerprint density at radius 2 is 1.71 bits per heavy atom. The minimum Gasteiger partial charge on any atom is -0.358 e. The highest BCUT2D eigenvalue weighted by molar-refractivity contribution is 5.81. The molecular weight excluding hydrogens is 348 g/mol. The fourth-order valence-electron chi connectivity index (χ4n) is 3.46. The van der Waals surface area contributed by atoms with Gasteiger partial charge in [-0.2, -0.15) is 0 Å². The lowest BCUT2D eigenvalue weighted by Crippen LogP contribution is -2.19. The van der Waals surface area contributed by atoms with E-state index in [1.165, 1.54) is 12.8 Å². The Hall–Kier alpha value is -3.02. The molecule has 1 aromatic carbocycles. The second kappa shape index (κ2) is 7.92. The Morgan fingerprint density at radius 1 is 1.00 bits per heavy atom. The lowest BCUT2D eigenvalue weighted by molar-refractivity contribution is 0.915. The van der Waals surface area contributed by atoms with Crippen LogP contribution < -0.4 is 9.80 Å². The van der Waals surface area contributed by atoms with Crippen molar-refractivity contribution >= 4 is 34.8 Å². The highest BCUT2D eigenvalue weighted by Gasteiger charge is 2.15. The summed E-state index contributed by atoms with van der Waals surface area (Å²) in [5, 5.41) is 0. The van der Waals surface area contributed by atoms with Gasteiger partial charge in [-0.15, -0.1) is 0 Å². The number of para-hydroxylation sites is 2. The molecular formula is C22H26N6. The molecule has 1 fully saturated rings. The molecule has 28 heavy (non-hydrogen) atoms. The van der Waals surface area contributed by atoms with Crippen LogP contribution in [0.15, 0.2) is 30.3 Å². The van der Waals surface area contributed by atoms with Gasteiger partial charge in [0.2, 0.25) is 0 Å². The van der Waals surface area contributed by atoms with Crippen LogP contribution in [0.3, 0.4) is 0 Å². The number of rotatable bonds is 5. The smallest absolute Gasteiger partial charge is 0.155 e. The second-order valence-electron chi connectivity index (χ2n) is 7.19. The number of anilines is 2. The maximum absolute atomic E-state index is 4.82. The summed E-state index contributed by atoms with van der Waals surface area (Å²) in [5.41, 5.74) is 3.60. The first-order valence-corrected chi connectivity index (χ1v) is 9.90. The normalized spacial score (nSPS) is 14.3. The van der Waals surface area contributed by atoms with Gasteiger partial charge in [-0.25, -0.2) is 19.9 Å². The maximum atomic E-state index is 4.82. The second-order valence-corrected chi connectivity index (χ2v) is 7.19. The molecule has 1 aliphatic rings. The molecule has 0 atom stereocenters. The van der Waals surface area contributed by atoms with Gasteiger partial charge >= 0.3 is 0 Å². The first kappa shape index (κ1) is 18.3. The summed E-state index contributed by atoms with van der Waals surface area (Å²) < 4.78 is 0. The van der Waals surface area contributed by atoms with Crippen molar-refractivity contribution in [1.29, 1.82) is 0 Å². The molecule has 3 aromatic rings. The van der Waals surface area contributed by atoms with Crippen molar-refractivity contribution in [2.75, 3.05) is 36.5 Å². The largest absolute Gasteiger partial charge is 0.358 e. The molecule has 144 valence electrons. The predicted octanol–water partition coefficient (Wildman–Crippen LogP) is 3.95. The number of nitrogens with zero attached hydrogens (tertiary/aromatic N) is 6. The summed E-state index contributed by atoms with van der Waals surface area (Å²) in [5.74, 6) is 2.59. The highest BCUT2D eigenvalue weighted by atomic mass is 15.2. The molecule has 0 N–H and O–H groups in total. The van der Waals surface area contributed by atoms with Crippen LogP contribution in [-0.4, -0.2) is 46.6 Å². The lowest BCUT2D eigenvalue weighted by Gasteiger charge is -2.18. The van der Waals surface area contributed by atoms with Gasteiger partial charge in [0.05, 0.1) is 11.0 Å². The minimum absolute atomic E-state index is 0.710. The van der Waals surface area contributed by atoms with E-state index in [1.807, 2.05) is 50.4 Å². The predicted molar refractivity (Wildman–Crippen MR) is 116 cm³/mol. The molecule has 6 nitrogen and oxygen atoms in total. The SMILES string of the molecule is CCN(C)c1nc2ccccc2nc1C=Cc1nc(C)cc(N2CCCC2)n1. The zero-order chi connectivity index (χ0) is 19.5. The molecule has 2 aromatic heterocycles. The third-order valence-electron chi connectivity index (χ3n) is 5.09. The molecule has 1 aliphatic heterocycles. The summed E-state index contributed by atoms with van der Waals surface area (Å²) >= 11 is 0.